The predicted octanol–water partition coefficient (Wildman–Crippen LogP) is 2.19. The summed E-state index contributed by atoms with van der Waals surface area (Å²) in [5, 5.41) is 11.0. The van der Waals surface area contributed by atoms with Crippen molar-refractivity contribution in [3.63, 3.8) is 0 Å². The number of thioether (sulfide) groups is 1. The third kappa shape index (κ3) is 2.02. The Morgan fingerprint density at radius 3 is 2.63 bits per heavy atom. The van der Waals surface area contributed by atoms with Crippen molar-refractivity contribution in [2.45, 2.75) is 5.37 Å². The summed E-state index contributed by atoms with van der Waals surface area (Å²) in [7, 11) is 0. The Morgan fingerprint density at radius 1 is 1.16 bits per heavy atom. The first-order valence-electron chi connectivity index (χ1n) is 5.75. The van der Waals surface area contributed by atoms with Gasteiger partial charge in [-0.3, -0.25) is 15.0 Å². The first kappa shape index (κ1) is 11.9. The lowest BCUT2D eigenvalue weighted by molar-refractivity contribution is -0.114. The molecule has 0 aromatic heterocycles. The molecular weight excluding hydrogens is 260 g/mol. The number of nitrogens with one attached hydrogen (secondary N) is 2. The Balaban J connectivity index is 2.03. The molecule has 1 heterocycles. The van der Waals surface area contributed by atoms with Gasteiger partial charge in [0, 0.05) is 5.56 Å². The highest BCUT2D eigenvalue weighted by atomic mass is 32.2. The Hall–Kier alpha value is -2.14. The van der Waals surface area contributed by atoms with Gasteiger partial charge in [-0.15, -0.1) is 0 Å². The molecule has 0 bridgehead atoms. The second kappa shape index (κ2) is 4.51. The molecule has 1 aliphatic rings. The van der Waals surface area contributed by atoms with Gasteiger partial charge in [-0.2, -0.15) is 0 Å². The van der Waals surface area contributed by atoms with Gasteiger partial charge in [-0.05, 0) is 10.8 Å². The summed E-state index contributed by atoms with van der Waals surface area (Å²) < 4.78 is 0. The molecule has 5 heteroatoms. The van der Waals surface area contributed by atoms with Crippen molar-refractivity contribution in [2.24, 2.45) is 0 Å². The molecule has 0 spiro atoms. The van der Waals surface area contributed by atoms with Crippen LogP contribution >= 0.6 is 11.8 Å². The SMILES string of the molecule is N=C1SC(C(=O)c2cccc3ccccc23)NC1=O. The maximum absolute atomic E-state index is 12.4. The number of rotatable bonds is 2. The number of hydrogen-bond donors (Lipinski definition) is 2. The number of Topliss-reactive ketones (excluding diaryl/α,β-unsaturated/α-hetero) is 1. The molecule has 2 N–H and O–H groups in total. The molecule has 94 valence electrons. The van der Waals surface area contributed by atoms with E-state index in [1.807, 2.05) is 36.4 Å². The molecular formula is C14H10N2O2S. The van der Waals surface area contributed by atoms with Crippen LogP contribution in [0.15, 0.2) is 42.5 Å². The molecule has 1 saturated heterocycles. The van der Waals surface area contributed by atoms with Crippen LogP contribution in [0.3, 0.4) is 0 Å². The summed E-state index contributed by atoms with van der Waals surface area (Å²) in [4.78, 5) is 23.7. The van der Waals surface area contributed by atoms with Gasteiger partial charge in [0.25, 0.3) is 5.91 Å². The van der Waals surface area contributed by atoms with Crippen LogP contribution in [-0.2, 0) is 4.79 Å². The van der Waals surface area contributed by atoms with Gasteiger partial charge in [-0.25, -0.2) is 0 Å². The van der Waals surface area contributed by atoms with E-state index in [0.29, 0.717) is 5.56 Å². The lowest BCUT2D eigenvalue weighted by Gasteiger charge is -2.09. The Bertz CT molecular complexity index is 690. The van der Waals surface area contributed by atoms with E-state index in [2.05, 4.69) is 5.32 Å². The van der Waals surface area contributed by atoms with E-state index >= 15 is 0 Å². The van der Waals surface area contributed by atoms with E-state index in [-0.39, 0.29) is 10.8 Å². The van der Waals surface area contributed by atoms with Crippen LogP contribution in [0, 0.1) is 5.41 Å². The quantitative estimate of drug-likeness (QED) is 0.822. The Morgan fingerprint density at radius 2 is 1.89 bits per heavy atom. The molecule has 1 atom stereocenters. The van der Waals surface area contributed by atoms with E-state index in [1.54, 1.807) is 6.07 Å². The molecule has 1 amide bonds. The lowest BCUT2D eigenvalue weighted by Crippen LogP contribution is -2.32. The van der Waals surface area contributed by atoms with Crippen LogP contribution in [0.25, 0.3) is 10.8 Å². The van der Waals surface area contributed by atoms with Crippen molar-refractivity contribution < 1.29 is 9.59 Å². The molecule has 2 aromatic carbocycles. The van der Waals surface area contributed by atoms with Crippen LogP contribution in [0.5, 0.6) is 0 Å². The molecule has 0 aliphatic carbocycles. The zero-order valence-corrected chi connectivity index (χ0v) is 10.7. The molecule has 4 nitrogen and oxygen atoms in total. The van der Waals surface area contributed by atoms with Gasteiger partial charge in [0.1, 0.15) is 5.37 Å². The standard InChI is InChI=1S/C14H10N2O2S/c15-12-13(18)16-14(19-12)11(17)10-7-3-5-8-4-1-2-6-9(8)10/h1-7,14-15H,(H,16,18). The summed E-state index contributed by atoms with van der Waals surface area (Å²) in [5.41, 5.74) is 0.575. The van der Waals surface area contributed by atoms with Crippen molar-refractivity contribution >= 4 is 39.3 Å². The van der Waals surface area contributed by atoms with Crippen molar-refractivity contribution in [3.8, 4) is 0 Å². The highest BCUT2D eigenvalue weighted by Crippen LogP contribution is 2.25. The van der Waals surface area contributed by atoms with Crippen LogP contribution < -0.4 is 5.32 Å². The van der Waals surface area contributed by atoms with E-state index in [4.69, 9.17) is 5.41 Å². The molecule has 1 unspecified atom stereocenters. The summed E-state index contributed by atoms with van der Waals surface area (Å²) in [6, 6.07) is 13.1. The van der Waals surface area contributed by atoms with Gasteiger partial charge in [0.2, 0.25) is 0 Å². The summed E-state index contributed by atoms with van der Waals surface area (Å²) >= 11 is 0.958. The maximum atomic E-state index is 12.4. The second-order valence-corrected chi connectivity index (χ2v) is 5.31. The fourth-order valence-corrected chi connectivity index (χ4v) is 2.89. The Kier molecular flexibility index (Phi) is 2.83. The number of amides is 1. The van der Waals surface area contributed by atoms with Crippen LogP contribution in [0.4, 0.5) is 0 Å². The molecule has 0 radical (unpaired) electrons. The van der Waals surface area contributed by atoms with Crippen LogP contribution in [0.2, 0.25) is 0 Å². The fraction of sp³-hybridized carbons (Fsp3) is 0.0714. The number of fused-ring (bicyclic) bond motifs is 1. The van der Waals surface area contributed by atoms with E-state index in [0.717, 1.165) is 22.5 Å². The first-order valence-corrected chi connectivity index (χ1v) is 6.63. The molecule has 19 heavy (non-hydrogen) atoms. The summed E-state index contributed by atoms with van der Waals surface area (Å²) in [6.45, 7) is 0. The van der Waals surface area contributed by atoms with Gasteiger partial charge in [-0.1, -0.05) is 54.2 Å². The number of carbonyl (C=O) groups excluding carboxylic acids is 2. The number of benzene rings is 2. The van der Waals surface area contributed by atoms with Gasteiger partial charge >= 0.3 is 0 Å². The highest BCUT2D eigenvalue weighted by Gasteiger charge is 2.33. The predicted molar refractivity (Wildman–Crippen MR) is 75.5 cm³/mol. The topological polar surface area (TPSA) is 70.0 Å². The largest absolute Gasteiger partial charge is 0.331 e. The van der Waals surface area contributed by atoms with E-state index < -0.39 is 11.3 Å². The minimum atomic E-state index is -0.689. The maximum Gasteiger partial charge on any atom is 0.277 e. The van der Waals surface area contributed by atoms with Crippen molar-refractivity contribution in [1.29, 1.82) is 5.41 Å². The van der Waals surface area contributed by atoms with Crippen LogP contribution in [-0.4, -0.2) is 22.1 Å². The minimum absolute atomic E-state index is 0.112. The van der Waals surface area contributed by atoms with Crippen molar-refractivity contribution in [2.75, 3.05) is 0 Å². The van der Waals surface area contributed by atoms with Gasteiger partial charge in [0.15, 0.2) is 10.8 Å². The summed E-state index contributed by atoms with van der Waals surface area (Å²) in [5.74, 6) is -0.652. The lowest BCUT2D eigenvalue weighted by atomic mass is 10.0. The molecule has 0 saturated carbocycles. The number of ketones is 1. The van der Waals surface area contributed by atoms with Gasteiger partial charge < -0.3 is 5.32 Å². The number of hydrogen-bond acceptors (Lipinski definition) is 4. The second-order valence-electron chi connectivity index (χ2n) is 4.19. The van der Waals surface area contributed by atoms with E-state index in [9.17, 15) is 9.59 Å². The number of carbonyl (C=O) groups is 2. The zero-order valence-electron chi connectivity index (χ0n) is 9.84. The average molecular weight is 270 g/mol. The average Bonchev–Trinajstić information content (AvgIpc) is 2.77. The smallest absolute Gasteiger partial charge is 0.277 e. The third-order valence-electron chi connectivity index (χ3n) is 3.00. The molecule has 2 aromatic rings. The molecule has 1 fully saturated rings. The highest BCUT2D eigenvalue weighted by molar-refractivity contribution is 8.17. The first-order chi connectivity index (χ1) is 9.16. The fourth-order valence-electron chi connectivity index (χ4n) is 2.09. The van der Waals surface area contributed by atoms with Gasteiger partial charge in [0.05, 0.1) is 0 Å². The van der Waals surface area contributed by atoms with Crippen molar-refractivity contribution in [3.05, 3.63) is 48.0 Å². The Labute approximate surface area is 113 Å². The molecule has 3 rings (SSSR count). The monoisotopic (exact) mass is 270 g/mol. The summed E-state index contributed by atoms with van der Waals surface area (Å²) in [6.07, 6.45) is 0. The third-order valence-corrected chi connectivity index (χ3v) is 3.99. The normalized spacial score (nSPS) is 18.6. The zero-order chi connectivity index (χ0) is 13.4. The molecule has 1 aliphatic heterocycles. The van der Waals surface area contributed by atoms with Crippen LogP contribution in [0.1, 0.15) is 10.4 Å². The minimum Gasteiger partial charge on any atom is -0.331 e. The van der Waals surface area contributed by atoms with Crippen molar-refractivity contribution in [1.82, 2.24) is 5.32 Å². The van der Waals surface area contributed by atoms with E-state index in [1.165, 1.54) is 0 Å².